The first-order valence-corrected chi connectivity index (χ1v) is 11.9. The number of aryl methyl sites for hydroxylation is 1. The number of hydrogen-bond donors (Lipinski definition) is 1. The Morgan fingerprint density at radius 3 is 2.15 bits per heavy atom. The van der Waals surface area contributed by atoms with Gasteiger partial charge in [0.25, 0.3) is 5.91 Å². The zero-order valence-electron chi connectivity index (χ0n) is 19.0. The zero-order chi connectivity index (χ0) is 23.9. The predicted octanol–water partition coefficient (Wildman–Crippen LogP) is 6.58. The van der Waals surface area contributed by atoms with E-state index in [2.05, 4.69) is 36.5 Å². The quantitative estimate of drug-likeness (QED) is 0.295. The lowest BCUT2D eigenvalue weighted by atomic mass is 10.0. The number of esters is 1. The van der Waals surface area contributed by atoms with E-state index in [9.17, 15) is 9.59 Å². The molecule has 0 bridgehead atoms. The van der Waals surface area contributed by atoms with Crippen LogP contribution in [0.5, 0.6) is 5.75 Å². The van der Waals surface area contributed by atoms with Gasteiger partial charge in [-0.2, -0.15) is 0 Å². The van der Waals surface area contributed by atoms with Crippen molar-refractivity contribution < 1.29 is 19.1 Å². The van der Waals surface area contributed by atoms with Crippen LogP contribution in [0.2, 0.25) is 0 Å². The van der Waals surface area contributed by atoms with E-state index in [1.54, 1.807) is 6.92 Å². The maximum absolute atomic E-state index is 12.7. The van der Waals surface area contributed by atoms with Gasteiger partial charge >= 0.3 is 5.97 Å². The van der Waals surface area contributed by atoms with Crippen molar-refractivity contribution in [3.8, 4) is 28.0 Å². The van der Waals surface area contributed by atoms with Crippen LogP contribution in [0.3, 0.4) is 0 Å². The number of nitrogens with one attached hydrogen (secondary N) is 1. The third kappa shape index (κ3) is 5.53. The Kier molecular flexibility index (Phi) is 7.40. The summed E-state index contributed by atoms with van der Waals surface area (Å²) in [6, 6.07) is 25.4. The highest BCUT2D eigenvalue weighted by atomic mass is 32.1. The predicted molar refractivity (Wildman–Crippen MR) is 136 cm³/mol. The van der Waals surface area contributed by atoms with Crippen molar-refractivity contribution in [2.45, 2.75) is 13.8 Å². The molecule has 6 heteroatoms. The van der Waals surface area contributed by atoms with E-state index >= 15 is 0 Å². The number of anilines is 1. The molecular formula is C28H25NO4S. The minimum Gasteiger partial charge on any atom is -0.484 e. The normalized spacial score (nSPS) is 10.5. The molecule has 0 fully saturated rings. The average molecular weight is 472 g/mol. The molecule has 4 rings (SSSR count). The Balaban J connectivity index is 1.43. The van der Waals surface area contributed by atoms with E-state index in [4.69, 9.17) is 9.47 Å². The standard InChI is InChI=1S/C28H25NO4S/c1-3-32-28(31)26-24(22-7-5-4-6-8-22)18-34-27(26)29-25(30)17-33-23-15-13-21(14-16-23)20-11-9-19(2)10-12-20/h4-16,18H,3,17H2,1-2H3,(H,29,30). The van der Waals surface area contributed by atoms with Crippen molar-refractivity contribution in [3.05, 3.63) is 95.4 Å². The Hall–Kier alpha value is -3.90. The first kappa shape index (κ1) is 23.3. The van der Waals surface area contributed by atoms with Gasteiger partial charge in [0, 0.05) is 10.9 Å². The SMILES string of the molecule is CCOC(=O)c1c(-c2ccccc2)csc1NC(=O)COc1ccc(-c2ccc(C)cc2)cc1. The fourth-order valence-corrected chi connectivity index (χ4v) is 4.46. The van der Waals surface area contributed by atoms with E-state index in [0.29, 0.717) is 16.3 Å². The van der Waals surface area contributed by atoms with Crippen LogP contribution in [0.4, 0.5) is 5.00 Å². The number of amides is 1. The molecule has 172 valence electrons. The van der Waals surface area contributed by atoms with Gasteiger partial charge in [0.15, 0.2) is 6.61 Å². The third-order valence-corrected chi connectivity index (χ3v) is 6.11. The molecule has 0 saturated heterocycles. The van der Waals surface area contributed by atoms with Crippen LogP contribution in [-0.4, -0.2) is 25.1 Å². The van der Waals surface area contributed by atoms with Crippen LogP contribution >= 0.6 is 11.3 Å². The highest BCUT2D eigenvalue weighted by molar-refractivity contribution is 7.15. The van der Waals surface area contributed by atoms with Gasteiger partial charge in [-0.25, -0.2) is 4.79 Å². The molecule has 4 aromatic rings. The molecule has 34 heavy (non-hydrogen) atoms. The maximum Gasteiger partial charge on any atom is 0.341 e. The number of carbonyl (C=O) groups is 2. The van der Waals surface area contributed by atoms with Crippen molar-refractivity contribution >= 4 is 28.2 Å². The van der Waals surface area contributed by atoms with Crippen molar-refractivity contribution in [2.24, 2.45) is 0 Å². The number of hydrogen-bond acceptors (Lipinski definition) is 5. The molecule has 1 N–H and O–H groups in total. The molecule has 1 heterocycles. The molecule has 0 unspecified atom stereocenters. The second-order valence-electron chi connectivity index (χ2n) is 7.67. The van der Waals surface area contributed by atoms with Crippen molar-refractivity contribution in [3.63, 3.8) is 0 Å². The van der Waals surface area contributed by atoms with Gasteiger partial charge in [-0.15, -0.1) is 11.3 Å². The molecule has 0 aliphatic carbocycles. The molecular weight excluding hydrogens is 446 g/mol. The highest BCUT2D eigenvalue weighted by Gasteiger charge is 2.22. The molecule has 1 amide bonds. The average Bonchev–Trinajstić information content (AvgIpc) is 3.28. The Bertz CT molecular complexity index is 1260. The minimum absolute atomic E-state index is 0.176. The molecule has 3 aromatic carbocycles. The van der Waals surface area contributed by atoms with Gasteiger partial charge < -0.3 is 14.8 Å². The first-order chi connectivity index (χ1) is 16.5. The Morgan fingerprint density at radius 1 is 0.853 bits per heavy atom. The topological polar surface area (TPSA) is 64.6 Å². The third-order valence-electron chi connectivity index (χ3n) is 5.22. The van der Waals surface area contributed by atoms with Gasteiger partial charge in [0.05, 0.1) is 6.61 Å². The molecule has 0 spiro atoms. The largest absolute Gasteiger partial charge is 0.484 e. The van der Waals surface area contributed by atoms with Crippen LogP contribution < -0.4 is 10.1 Å². The summed E-state index contributed by atoms with van der Waals surface area (Å²) in [4.78, 5) is 25.3. The van der Waals surface area contributed by atoms with E-state index in [-0.39, 0.29) is 19.1 Å². The molecule has 0 saturated carbocycles. The summed E-state index contributed by atoms with van der Waals surface area (Å²) in [5.41, 5.74) is 5.37. The van der Waals surface area contributed by atoms with Crippen molar-refractivity contribution in [1.29, 1.82) is 0 Å². The lowest BCUT2D eigenvalue weighted by Crippen LogP contribution is -2.21. The smallest absolute Gasteiger partial charge is 0.341 e. The summed E-state index contributed by atoms with van der Waals surface area (Å²) < 4.78 is 10.9. The number of carbonyl (C=O) groups excluding carboxylic acids is 2. The monoisotopic (exact) mass is 471 g/mol. The van der Waals surface area contributed by atoms with Gasteiger partial charge in [-0.1, -0.05) is 72.3 Å². The lowest BCUT2D eigenvalue weighted by Gasteiger charge is -2.10. The van der Waals surface area contributed by atoms with Gasteiger partial charge in [0.1, 0.15) is 16.3 Å². The fourth-order valence-electron chi connectivity index (χ4n) is 3.49. The van der Waals surface area contributed by atoms with Gasteiger partial charge in [-0.05, 0) is 42.7 Å². The van der Waals surface area contributed by atoms with Crippen molar-refractivity contribution in [2.75, 3.05) is 18.5 Å². The molecule has 0 aliphatic heterocycles. The van der Waals surface area contributed by atoms with Crippen LogP contribution in [0.15, 0.2) is 84.2 Å². The van der Waals surface area contributed by atoms with E-state index < -0.39 is 5.97 Å². The summed E-state index contributed by atoms with van der Waals surface area (Å²) in [6.07, 6.45) is 0. The molecule has 1 aromatic heterocycles. The second-order valence-corrected chi connectivity index (χ2v) is 8.55. The lowest BCUT2D eigenvalue weighted by molar-refractivity contribution is -0.118. The zero-order valence-corrected chi connectivity index (χ0v) is 19.9. The van der Waals surface area contributed by atoms with Crippen LogP contribution in [0.25, 0.3) is 22.3 Å². The maximum atomic E-state index is 12.7. The highest BCUT2D eigenvalue weighted by Crippen LogP contribution is 2.36. The van der Waals surface area contributed by atoms with E-state index in [1.807, 2.05) is 60.0 Å². The van der Waals surface area contributed by atoms with E-state index in [0.717, 1.165) is 22.3 Å². The molecule has 0 aliphatic rings. The Labute approximate surface area is 203 Å². The van der Waals surface area contributed by atoms with Crippen LogP contribution in [0, 0.1) is 6.92 Å². The summed E-state index contributed by atoms with van der Waals surface area (Å²) in [6.45, 7) is 3.88. The summed E-state index contributed by atoms with van der Waals surface area (Å²) in [5.74, 6) is -0.229. The number of benzene rings is 3. The molecule has 0 atom stereocenters. The fraction of sp³-hybridized carbons (Fsp3) is 0.143. The minimum atomic E-state index is -0.467. The summed E-state index contributed by atoms with van der Waals surface area (Å²) in [7, 11) is 0. The van der Waals surface area contributed by atoms with Crippen LogP contribution in [0.1, 0.15) is 22.8 Å². The van der Waals surface area contributed by atoms with Crippen molar-refractivity contribution in [1.82, 2.24) is 0 Å². The van der Waals surface area contributed by atoms with E-state index in [1.165, 1.54) is 16.9 Å². The summed E-state index contributed by atoms with van der Waals surface area (Å²) in [5, 5.41) is 5.10. The van der Waals surface area contributed by atoms with Crippen LogP contribution in [-0.2, 0) is 9.53 Å². The van der Waals surface area contributed by atoms with Gasteiger partial charge in [-0.3, -0.25) is 4.79 Å². The number of thiophene rings is 1. The number of rotatable bonds is 8. The summed E-state index contributed by atoms with van der Waals surface area (Å²) >= 11 is 1.29. The Morgan fingerprint density at radius 2 is 1.50 bits per heavy atom. The number of ether oxygens (including phenoxy) is 2. The molecule has 0 radical (unpaired) electrons. The van der Waals surface area contributed by atoms with Gasteiger partial charge in [0.2, 0.25) is 0 Å². The first-order valence-electron chi connectivity index (χ1n) is 11.0. The molecule has 5 nitrogen and oxygen atoms in total. The second kappa shape index (κ2) is 10.8.